The molecule has 2 aromatic rings. The Hall–Kier alpha value is -2.94. The Balaban J connectivity index is 2.20. The van der Waals surface area contributed by atoms with Gasteiger partial charge < -0.3 is 10.2 Å². The van der Waals surface area contributed by atoms with Gasteiger partial charge in [-0.2, -0.15) is 0 Å². The minimum atomic E-state index is -3.63. The maximum atomic E-state index is 13.4. The van der Waals surface area contributed by atoms with Gasteiger partial charge in [0, 0.05) is 25.0 Å². The van der Waals surface area contributed by atoms with E-state index < -0.39 is 27.4 Å². The van der Waals surface area contributed by atoms with E-state index in [1.165, 1.54) is 24.3 Å². The molecule has 0 fully saturated rings. The number of sulfonamides is 1. The first-order chi connectivity index (χ1) is 16.3. The van der Waals surface area contributed by atoms with Crippen molar-refractivity contribution >= 4 is 27.5 Å². The van der Waals surface area contributed by atoms with Gasteiger partial charge in [-0.05, 0) is 63.4 Å². The highest BCUT2D eigenvalue weighted by molar-refractivity contribution is 7.92. The molecule has 2 rings (SSSR count). The lowest BCUT2D eigenvalue weighted by molar-refractivity contribution is -0.142. The number of hydrogen-bond acceptors (Lipinski definition) is 4. The third-order valence-corrected chi connectivity index (χ3v) is 6.54. The van der Waals surface area contributed by atoms with Gasteiger partial charge in [-0.25, -0.2) is 12.8 Å². The average molecular weight is 506 g/mol. The number of amides is 2. The lowest BCUT2D eigenvalue weighted by Gasteiger charge is -2.33. The molecule has 0 aliphatic rings. The molecule has 0 bridgehead atoms. The van der Waals surface area contributed by atoms with Crippen LogP contribution >= 0.6 is 0 Å². The Bertz CT molecular complexity index is 1080. The summed E-state index contributed by atoms with van der Waals surface area (Å²) in [6.45, 7) is 7.84. The Morgan fingerprint density at radius 1 is 1.03 bits per heavy atom. The third-order valence-electron chi connectivity index (χ3n) is 5.35. The maximum absolute atomic E-state index is 13.4. The van der Waals surface area contributed by atoms with Crippen LogP contribution in [0.25, 0.3) is 0 Å². The number of rotatable bonds is 11. The number of carbonyl (C=O) groups excluding carboxylic acids is 2. The summed E-state index contributed by atoms with van der Waals surface area (Å²) in [5, 5.41) is 2.96. The highest BCUT2D eigenvalue weighted by atomic mass is 32.2. The first kappa shape index (κ1) is 28.3. The smallest absolute Gasteiger partial charge is 0.243 e. The summed E-state index contributed by atoms with van der Waals surface area (Å²) in [7, 11) is -3.63. The van der Waals surface area contributed by atoms with E-state index >= 15 is 0 Å². The van der Waals surface area contributed by atoms with Crippen molar-refractivity contribution in [2.45, 2.75) is 65.1 Å². The molecule has 0 saturated heterocycles. The van der Waals surface area contributed by atoms with Gasteiger partial charge in [0.1, 0.15) is 11.9 Å². The molecule has 1 N–H and O–H groups in total. The number of benzene rings is 2. The molecule has 9 heteroatoms. The number of hydrogen-bond donors (Lipinski definition) is 1. The second kappa shape index (κ2) is 12.2. The zero-order chi connectivity index (χ0) is 26.2. The highest BCUT2D eigenvalue weighted by Crippen LogP contribution is 2.20. The predicted octanol–water partition coefficient (Wildman–Crippen LogP) is 4.09. The molecule has 0 radical (unpaired) electrons. The lowest BCUT2D eigenvalue weighted by Crippen LogP contribution is -2.53. The number of nitrogens with one attached hydrogen (secondary N) is 1. The standard InChI is InChI=1S/C26H36FN3O4S/c1-6-23(25(32)28-26(2,3)4)29(19-20-11-8-7-9-12-20)24(31)13-10-18-30(35(5,33)34)22-16-14-21(27)15-17-22/h7-9,11-12,14-17,23H,6,10,13,18-19H2,1-5H3,(H,28,32)/t23-/m0/s1. The molecular formula is C26H36FN3O4S. The number of carbonyl (C=O) groups is 2. The van der Waals surface area contributed by atoms with E-state index in [9.17, 15) is 22.4 Å². The van der Waals surface area contributed by atoms with Crippen LogP contribution in [0.5, 0.6) is 0 Å². The van der Waals surface area contributed by atoms with Crippen LogP contribution in [-0.2, 0) is 26.2 Å². The van der Waals surface area contributed by atoms with Crippen molar-refractivity contribution in [1.29, 1.82) is 0 Å². The normalized spacial score (nSPS) is 12.6. The van der Waals surface area contributed by atoms with Gasteiger partial charge in [-0.15, -0.1) is 0 Å². The largest absolute Gasteiger partial charge is 0.350 e. The minimum absolute atomic E-state index is 0.0549. The van der Waals surface area contributed by atoms with E-state index in [2.05, 4.69) is 5.32 Å². The van der Waals surface area contributed by atoms with E-state index in [4.69, 9.17) is 0 Å². The maximum Gasteiger partial charge on any atom is 0.243 e. The van der Waals surface area contributed by atoms with E-state index in [-0.39, 0.29) is 37.7 Å². The van der Waals surface area contributed by atoms with E-state index in [1.807, 2.05) is 58.0 Å². The Morgan fingerprint density at radius 2 is 1.63 bits per heavy atom. The van der Waals surface area contributed by atoms with Gasteiger partial charge in [-0.3, -0.25) is 13.9 Å². The monoisotopic (exact) mass is 505 g/mol. The quantitative estimate of drug-likeness (QED) is 0.498. The van der Waals surface area contributed by atoms with Crippen molar-refractivity contribution in [3.63, 3.8) is 0 Å². The van der Waals surface area contributed by atoms with Crippen LogP contribution in [-0.4, -0.2) is 49.5 Å². The van der Waals surface area contributed by atoms with Gasteiger partial charge in [0.05, 0.1) is 11.9 Å². The van der Waals surface area contributed by atoms with Crippen molar-refractivity contribution < 1.29 is 22.4 Å². The van der Waals surface area contributed by atoms with Crippen molar-refractivity contribution in [2.75, 3.05) is 17.1 Å². The van der Waals surface area contributed by atoms with E-state index in [0.717, 1.165) is 16.1 Å². The first-order valence-corrected chi connectivity index (χ1v) is 13.6. The Morgan fingerprint density at radius 3 is 2.14 bits per heavy atom. The fourth-order valence-electron chi connectivity index (χ4n) is 3.76. The Labute approximate surface area is 208 Å². The third kappa shape index (κ3) is 8.98. The molecule has 192 valence electrons. The molecule has 0 aliphatic heterocycles. The topological polar surface area (TPSA) is 86.8 Å². The summed E-state index contributed by atoms with van der Waals surface area (Å²) in [5.41, 5.74) is 0.780. The van der Waals surface area contributed by atoms with Crippen LogP contribution < -0.4 is 9.62 Å². The van der Waals surface area contributed by atoms with Gasteiger partial charge in [0.2, 0.25) is 21.8 Å². The number of halogens is 1. The van der Waals surface area contributed by atoms with Gasteiger partial charge in [0.15, 0.2) is 0 Å². The first-order valence-electron chi connectivity index (χ1n) is 11.7. The summed E-state index contributed by atoms with van der Waals surface area (Å²) < 4.78 is 39.1. The Kier molecular flexibility index (Phi) is 9.82. The van der Waals surface area contributed by atoms with Crippen molar-refractivity contribution in [3.8, 4) is 0 Å². The highest BCUT2D eigenvalue weighted by Gasteiger charge is 2.30. The lowest BCUT2D eigenvalue weighted by atomic mass is 10.0. The van der Waals surface area contributed by atoms with Crippen LogP contribution in [0.4, 0.5) is 10.1 Å². The second-order valence-corrected chi connectivity index (χ2v) is 11.5. The number of nitrogens with zero attached hydrogens (tertiary/aromatic N) is 2. The van der Waals surface area contributed by atoms with Crippen molar-refractivity contribution in [1.82, 2.24) is 10.2 Å². The fraction of sp³-hybridized carbons (Fsp3) is 0.462. The van der Waals surface area contributed by atoms with Crippen LogP contribution in [0.3, 0.4) is 0 Å². The summed E-state index contributed by atoms with van der Waals surface area (Å²) >= 11 is 0. The van der Waals surface area contributed by atoms with Crippen molar-refractivity contribution in [3.05, 3.63) is 66.0 Å². The molecule has 0 heterocycles. The van der Waals surface area contributed by atoms with Crippen LogP contribution in [0.1, 0.15) is 52.5 Å². The SMILES string of the molecule is CC[C@@H](C(=O)NC(C)(C)C)N(Cc1ccccc1)C(=O)CCCN(c1ccc(F)cc1)S(C)(=O)=O. The minimum Gasteiger partial charge on any atom is -0.350 e. The molecule has 35 heavy (non-hydrogen) atoms. The van der Waals surface area contributed by atoms with Gasteiger partial charge in [-0.1, -0.05) is 37.3 Å². The van der Waals surface area contributed by atoms with E-state index in [0.29, 0.717) is 12.1 Å². The molecule has 1 atom stereocenters. The molecule has 0 spiro atoms. The van der Waals surface area contributed by atoms with E-state index in [1.54, 1.807) is 4.90 Å². The summed E-state index contributed by atoms with van der Waals surface area (Å²) in [6, 6.07) is 13.9. The van der Waals surface area contributed by atoms with Crippen LogP contribution in [0.15, 0.2) is 54.6 Å². The van der Waals surface area contributed by atoms with Gasteiger partial charge >= 0.3 is 0 Å². The molecule has 2 amide bonds. The zero-order valence-electron chi connectivity index (χ0n) is 21.1. The molecule has 7 nitrogen and oxygen atoms in total. The predicted molar refractivity (Wildman–Crippen MR) is 137 cm³/mol. The summed E-state index contributed by atoms with van der Waals surface area (Å²) in [5.74, 6) is -0.932. The number of anilines is 1. The summed E-state index contributed by atoms with van der Waals surface area (Å²) in [6.07, 6.45) is 1.81. The second-order valence-electron chi connectivity index (χ2n) is 9.59. The van der Waals surface area contributed by atoms with Crippen LogP contribution in [0.2, 0.25) is 0 Å². The average Bonchev–Trinajstić information content (AvgIpc) is 2.76. The summed E-state index contributed by atoms with van der Waals surface area (Å²) in [4.78, 5) is 28.0. The molecule has 0 aromatic heterocycles. The molecule has 0 saturated carbocycles. The van der Waals surface area contributed by atoms with Crippen molar-refractivity contribution in [2.24, 2.45) is 0 Å². The molecule has 0 aliphatic carbocycles. The molecule has 2 aromatic carbocycles. The molecule has 0 unspecified atom stereocenters. The van der Waals surface area contributed by atoms with Gasteiger partial charge in [0.25, 0.3) is 0 Å². The molecular weight excluding hydrogens is 469 g/mol. The zero-order valence-corrected chi connectivity index (χ0v) is 21.9. The fourth-order valence-corrected chi connectivity index (χ4v) is 4.73. The van der Waals surface area contributed by atoms with Crippen LogP contribution in [0, 0.1) is 5.82 Å².